The molecule has 1 heterocycles. The highest BCUT2D eigenvalue weighted by atomic mass is 32.1. The Kier molecular flexibility index (Phi) is 7.99. The lowest BCUT2D eigenvalue weighted by Gasteiger charge is -2.10. The fourth-order valence-electron chi connectivity index (χ4n) is 2.54. The molecule has 3 rings (SSSR count). The van der Waals surface area contributed by atoms with E-state index in [0.717, 1.165) is 29.5 Å². The molecule has 0 atom stereocenters. The number of alkyl halides is 3. The van der Waals surface area contributed by atoms with Crippen LogP contribution in [0.2, 0.25) is 0 Å². The van der Waals surface area contributed by atoms with Crippen LogP contribution in [0.15, 0.2) is 47.8 Å². The lowest BCUT2D eigenvalue weighted by atomic mass is 10.2. The third kappa shape index (κ3) is 7.69. The van der Waals surface area contributed by atoms with Crippen molar-refractivity contribution < 1.29 is 41.0 Å². The molecule has 2 amide bonds. The van der Waals surface area contributed by atoms with Gasteiger partial charge < -0.3 is 20.1 Å². The van der Waals surface area contributed by atoms with Crippen molar-refractivity contribution in [1.82, 2.24) is 15.6 Å². The molecule has 0 saturated carbocycles. The number of carbonyl (C=O) groups excluding carboxylic acids is 2. The van der Waals surface area contributed by atoms with Crippen LogP contribution in [0, 0.1) is 11.6 Å². The summed E-state index contributed by atoms with van der Waals surface area (Å²) in [6.07, 6.45) is -4.81. The number of benzene rings is 2. The Morgan fingerprint density at radius 2 is 1.68 bits per heavy atom. The van der Waals surface area contributed by atoms with Gasteiger partial charge in [0.2, 0.25) is 0 Å². The van der Waals surface area contributed by atoms with Gasteiger partial charge in [-0.15, -0.1) is 24.5 Å². The molecule has 2 aromatic carbocycles. The first-order valence-corrected chi connectivity index (χ1v) is 10.4. The van der Waals surface area contributed by atoms with Crippen molar-refractivity contribution in [2.24, 2.45) is 0 Å². The molecule has 0 aliphatic rings. The maximum atomic E-state index is 13.6. The van der Waals surface area contributed by atoms with E-state index in [1.807, 2.05) is 0 Å². The van der Waals surface area contributed by atoms with Gasteiger partial charge in [-0.3, -0.25) is 9.59 Å². The van der Waals surface area contributed by atoms with Crippen LogP contribution in [0.4, 0.5) is 22.0 Å². The molecule has 0 bridgehead atoms. The van der Waals surface area contributed by atoms with Crippen molar-refractivity contribution in [1.29, 1.82) is 0 Å². The third-order valence-electron chi connectivity index (χ3n) is 4.10. The Bertz CT molecular complexity index is 1150. The predicted molar refractivity (Wildman–Crippen MR) is 110 cm³/mol. The molecular weight excluding hydrogens is 485 g/mol. The van der Waals surface area contributed by atoms with Crippen LogP contribution in [0.1, 0.15) is 21.1 Å². The summed E-state index contributed by atoms with van der Waals surface area (Å²) in [5, 5.41) is 6.87. The summed E-state index contributed by atoms with van der Waals surface area (Å²) in [5.74, 6) is -2.86. The molecule has 0 aliphatic carbocycles. The maximum absolute atomic E-state index is 13.6. The van der Waals surface area contributed by atoms with E-state index in [9.17, 15) is 31.5 Å². The van der Waals surface area contributed by atoms with Crippen molar-refractivity contribution in [3.8, 4) is 11.5 Å². The average molecular weight is 501 g/mol. The third-order valence-corrected chi connectivity index (χ3v) is 4.95. The van der Waals surface area contributed by atoms with Crippen LogP contribution < -0.4 is 20.1 Å². The Morgan fingerprint density at radius 1 is 0.971 bits per heavy atom. The molecule has 0 fully saturated rings. The summed E-state index contributed by atoms with van der Waals surface area (Å²) in [6, 6.07) is 7.55. The van der Waals surface area contributed by atoms with Crippen molar-refractivity contribution >= 4 is 23.2 Å². The van der Waals surface area contributed by atoms with Gasteiger partial charge in [0.25, 0.3) is 11.8 Å². The molecule has 0 unspecified atom stereocenters. The highest BCUT2D eigenvalue weighted by Crippen LogP contribution is 2.24. The number of hydrogen-bond donors (Lipinski definition) is 2. The van der Waals surface area contributed by atoms with Gasteiger partial charge in [0.05, 0.1) is 6.54 Å². The zero-order valence-electron chi connectivity index (χ0n) is 17.1. The Hall–Kier alpha value is -3.74. The quantitative estimate of drug-likeness (QED) is 0.434. The maximum Gasteiger partial charge on any atom is 0.573 e. The average Bonchev–Trinajstić information content (AvgIpc) is 3.24. The van der Waals surface area contributed by atoms with Gasteiger partial charge in [-0.25, -0.2) is 13.8 Å². The number of hydrogen-bond acceptors (Lipinski definition) is 6. The molecule has 34 heavy (non-hydrogen) atoms. The fourth-order valence-corrected chi connectivity index (χ4v) is 3.25. The first kappa shape index (κ1) is 24.9. The lowest BCUT2D eigenvalue weighted by molar-refractivity contribution is -0.274. The van der Waals surface area contributed by atoms with Gasteiger partial charge in [0, 0.05) is 23.6 Å². The van der Waals surface area contributed by atoms with E-state index in [1.54, 1.807) is 0 Å². The smallest absolute Gasteiger partial charge is 0.484 e. The Morgan fingerprint density at radius 3 is 2.35 bits per heavy atom. The first-order valence-electron chi connectivity index (χ1n) is 9.51. The zero-order valence-corrected chi connectivity index (χ0v) is 17.9. The van der Waals surface area contributed by atoms with Crippen LogP contribution in [0.5, 0.6) is 11.5 Å². The van der Waals surface area contributed by atoms with Crippen LogP contribution in [-0.2, 0) is 17.9 Å². The van der Waals surface area contributed by atoms with Crippen molar-refractivity contribution in [2.75, 3.05) is 6.61 Å². The molecule has 180 valence electrons. The van der Waals surface area contributed by atoms with Crippen LogP contribution in [0.3, 0.4) is 0 Å². The van der Waals surface area contributed by atoms with Crippen molar-refractivity contribution in [3.05, 3.63) is 75.7 Å². The van der Waals surface area contributed by atoms with Crippen LogP contribution in [-0.4, -0.2) is 29.8 Å². The van der Waals surface area contributed by atoms with Gasteiger partial charge in [-0.1, -0.05) is 6.07 Å². The molecule has 0 radical (unpaired) electrons. The summed E-state index contributed by atoms with van der Waals surface area (Å²) in [4.78, 5) is 28.2. The topological polar surface area (TPSA) is 89.6 Å². The summed E-state index contributed by atoms with van der Waals surface area (Å²) < 4.78 is 71.9. The largest absolute Gasteiger partial charge is 0.573 e. The molecule has 1 aromatic heterocycles. The van der Waals surface area contributed by atoms with Gasteiger partial charge in [0.1, 0.15) is 33.8 Å². The lowest BCUT2D eigenvalue weighted by Crippen LogP contribution is -2.28. The molecule has 2 N–H and O–H groups in total. The first-order chi connectivity index (χ1) is 16.1. The zero-order chi connectivity index (χ0) is 24.7. The summed E-state index contributed by atoms with van der Waals surface area (Å²) in [6.45, 7) is -0.554. The molecule has 0 aliphatic heterocycles. The number of nitrogens with zero attached hydrogens (tertiary/aromatic N) is 1. The number of ether oxygens (including phenoxy) is 2. The van der Waals surface area contributed by atoms with E-state index in [2.05, 4.69) is 20.4 Å². The molecule has 0 saturated heterocycles. The van der Waals surface area contributed by atoms with Gasteiger partial charge in [-0.2, -0.15) is 0 Å². The summed E-state index contributed by atoms with van der Waals surface area (Å²) in [7, 11) is 0. The highest BCUT2D eigenvalue weighted by Gasteiger charge is 2.31. The molecular formula is C21H16F5N3O4S. The normalized spacial score (nSPS) is 11.1. The van der Waals surface area contributed by atoms with Crippen molar-refractivity contribution in [2.45, 2.75) is 19.5 Å². The van der Waals surface area contributed by atoms with E-state index < -0.39 is 42.2 Å². The number of aromatic nitrogens is 1. The van der Waals surface area contributed by atoms with Gasteiger partial charge in [-0.05, 0) is 30.3 Å². The summed E-state index contributed by atoms with van der Waals surface area (Å²) in [5.41, 5.74) is 0.175. The number of carbonyl (C=O) groups is 2. The second-order valence-corrected chi connectivity index (χ2v) is 7.57. The number of amides is 2. The van der Waals surface area contributed by atoms with E-state index >= 15 is 0 Å². The molecule has 13 heteroatoms. The second-order valence-electron chi connectivity index (χ2n) is 6.63. The van der Waals surface area contributed by atoms with Crippen LogP contribution in [0.25, 0.3) is 0 Å². The number of nitrogens with one attached hydrogen (secondary N) is 2. The monoisotopic (exact) mass is 501 g/mol. The Balaban J connectivity index is 1.41. The number of thiazole rings is 1. The van der Waals surface area contributed by atoms with E-state index in [0.29, 0.717) is 11.1 Å². The minimum atomic E-state index is -4.81. The number of halogens is 5. The van der Waals surface area contributed by atoms with Gasteiger partial charge in [0.15, 0.2) is 6.61 Å². The van der Waals surface area contributed by atoms with Gasteiger partial charge >= 0.3 is 6.36 Å². The minimum Gasteiger partial charge on any atom is -0.484 e. The standard InChI is InChI=1S/C21H16F5N3O4S/c22-13-2-1-12(16(23)7-13)8-28-20(31)17-11-34-19(29-17)9-27-18(30)10-32-14-3-5-15(6-4-14)33-21(24,25)26/h1-7,11H,8-10H2,(H,27,30)(H,28,31). The fraction of sp³-hybridized carbons (Fsp3) is 0.190. The molecule has 7 nitrogen and oxygen atoms in total. The molecule has 3 aromatic rings. The minimum absolute atomic E-state index is 0.00505. The van der Waals surface area contributed by atoms with Crippen molar-refractivity contribution in [3.63, 3.8) is 0 Å². The number of rotatable bonds is 9. The van der Waals surface area contributed by atoms with E-state index in [1.165, 1.54) is 23.6 Å². The Labute approximate surface area is 193 Å². The second kappa shape index (κ2) is 10.9. The predicted octanol–water partition coefficient (Wildman–Crippen LogP) is 3.95. The SMILES string of the molecule is O=C(COc1ccc(OC(F)(F)F)cc1)NCc1nc(C(=O)NCc2ccc(F)cc2F)cs1. The molecule has 0 spiro atoms. The van der Waals surface area contributed by atoms with E-state index in [-0.39, 0.29) is 30.1 Å². The highest BCUT2D eigenvalue weighted by molar-refractivity contribution is 7.09. The van der Waals surface area contributed by atoms with Crippen LogP contribution >= 0.6 is 11.3 Å². The van der Waals surface area contributed by atoms with E-state index in [4.69, 9.17) is 4.74 Å². The summed E-state index contributed by atoms with van der Waals surface area (Å²) >= 11 is 1.11.